The molecule has 0 spiro atoms. The second-order valence-corrected chi connectivity index (χ2v) is 7.12. The number of fused-ring (bicyclic) bond motifs is 8. The van der Waals surface area contributed by atoms with Crippen molar-refractivity contribution >= 4 is 46.4 Å². The van der Waals surface area contributed by atoms with Gasteiger partial charge in [0.2, 0.25) is 0 Å². The third-order valence-electron chi connectivity index (χ3n) is 5.33. The van der Waals surface area contributed by atoms with Gasteiger partial charge in [0.15, 0.2) is 0 Å². The molecule has 0 aliphatic carbocycles. The summed E-state index contributed by atoms with van der Waals surface area (Å²) in [4.78, 5) is 12.9. The molecule has 0 radical (unpaired) electrons. The summed E-state index contributed by atoms with van der Waals surface area (Å²) in [6.45, 7) is 4.33. The highest BCUT2D eigenvalue weighted by Gasteiger charge is 2.09. The maximum atomic E-state index is 4.75. The Bertz CT molecular complexity index is 1200. The quantitative estimate of drug-likeness (QED) is 0.412. The van der Waals surface area contributed by atoms with Gasteiger partial charge >= 0.3 is 0 Å². The Labute approximate surface area is 157 Å². The number of hydrogen-bond donors (Lipinski definition) is 1. The van der Waals surface area contributed by atoms with E-state index in [1.54, 1.807) is 0 Å². The number of aryl methyl sites for hydroxylation is 3. The van der Waals surface area contributed by atoms with Gasteiger partial charge in [-0.15, -0.1) is 0 Å². The van der Waals surface area contributed by atoms with Gasteiger partial charge in [-0.1, -0.05) is 0 Å². The van der Waals surface area contributed by atoms with Crippen molar-refractivity contribution < 1.29 is 0 Å². The van der Waals surface area contributed by atoms with Crippen LogP contribution >= 0.6 is 0 Å². The lowest BCUT2D eigenvalue weighted by Gasteiger charge is -1.96. The first kappa shape index (κ1) is 15.8. The van der Waals surface area contributed by atoms with Crippen molar-refractivity contribution in [2.24, 2.45) is 7.05 Å². The molecule has 8 bridgehead atoms. The first-order valence-corrected chi connectivity index (χ1v) is 9.08. The first-order chi connectivity index (χ1) is 13.1. The average molecular weight is 352 g/mol. The number of H-pyrrole nitrogens is 1. The van der Waals surface area contributed by atoms with Crippen LogP contribution in [0.1, 0.15) is 33.9 Å². The molecule has 1 N–H and O–H groups in total. The second kappa shape index (κ2) is 5.81. The monoisotopic (exact) mass is 352 g/mol. The van der Waals surface area contributed by atoms with Crippen molar-refractivity contribution in [1.29, 1.82) is 0 Å². The molecule has 0 saturated heterocycles. The molecule has 4 heteroatoms. The van der Waals surface area contributed by atoms with Gasteiger partial charge in [0.25, 0.3) is 0 Å². The van der Waals surface area contributed by atoms with Crippen LogP contribution in [0.5, 0.6) is 0 Å². The van der Waals surface area contributed by atoms with E-state index < -0.39 is 0 Å². The van der Waals surface area contributed by atoms with Crippen molar-refractivity contribution in [1.82, 2.24) is 19.5 Å². The van der Waals surface area contributed by atoms with Crippen LogP contribution in [0.25, 0.3) is 46.4 Å². The van der Waals surface area contributed by atoms with E-state index >= 15 is 0 Å². The second-order valence-electron chi connectivity index (χ2n) is 7.12. The maximum absolute atomic E-state index is 4.75. The maximum Gasteiger partial charge on any atom is 0.0658 e. The van der Waals surface area contributed by atoms with E-state index in [9.17, 15) is 0 Å². The molecule has 3 aromatic rings. The minimum absolute atomic E-state index is 0.950. The van der Waals surface area contributed by atoms with Gasteiger partial charge in [-0.05, 0) is 85.7 Å². The molecule has 0 fully saturated rings. The fraction of sp³-hybridized carbons (Fsp3) is 0.130. The number of nitrogens with one attached hydrogen (secondary N) is 1. The van der Waals surface area contributed by atoms with Crippen molar-refractivity contribution in [3.05, 3.63) is 70.3 Å². The molecule has 0 saturated carbocycles. The summed E-state index contributed by atoms with van der Waals surface area (Å²) in [6, 6.07) is 12.6. The summed E-state index contributed by atoms with van der Waals surface area (Å²) in [5.41, 5.74) is 10.8. The van der Waals surface area contributed by atoms with E-state index in [4.69, 9.17) is 9.97 Å². The molecule has 27 heavy (non-hydrogen) atoms. The van der Waals surface area contributed by atoms with Gasteiger partial charge in [-0.3, -0.25) is 0 Å². The third-order valence-corrected chi connectivity index (χ3v) is 5.33. The summed E-state index contributed by atoms with van der Waals surface area (Å²) in [5, 5.41) is 0. The Balaban J connectivity index is 1.93. The van der Waals surface area contributed by atoms with Crippen LogP contribution < -0.4 is 0 Å². The molecule has 132 valence electrons. The van der Waals surface area contributed by atoms with E-state index in [1.165, 1.54) is 22.2 Å². The fourth-order valence-electron chi connectivity index (χ4n) is 3.73. The summed E-state index contributed by atoms with van der Waals surface area (Å²) in [6.07, 6.45) is 8.24. The Morgan fingerprint density at radius 1 is 0.667 bits per heavy atom. The number of hydrogen-bond acceptors (Lipinski definition) is 2. The van der Waals surface area contributed by atoms with Crippen LogP contribution in [0.2, 0.25) is 0 Å². The van der Waals surface area contributed by atoms with Gasteiger partial charge in [-0.2, -0.15) is 0 Å². The fourth-order valence-corrected chi connectivity index (χ4v) is 3.73. The summed E-state index contributed by atoms with van der Waals surface area (Å²) < 4.78 is 2.23. The Hall–Kier alpha value is -3.40. The van der Waals surface area contributed by atoms with Crippen LogP contribution in [0.15, 0.2) is 36.4 Å². The zero-order valence-corrected chi connectivity index (χ0v) is 15.6. The summed E-state index contributed by atoms with van der Waals surface area (Å²) in [7, 11) is 2.10. The van der Waals surface area contributed by atoms with Crippen LogP contribution in [-0.4, -0.2) is 19.5 Å². The average Bonchev–Trinajstić information content (AvgIpc) is 3.40. The molecule has 5 rings (SSSR count). The zero-order valence-electron chi connectivity index (χ0n) is 15.6. The first-order valence-electron chi connectivity index (χ1n) is 9.08. The molecule has 4 nitrogen and oxygen atoms in total. The molecule has 0 amide bonds. The van der Waals surface area contributed by atoms with E-state index in [0.717, 1.165) is 33.8 Å². The van der Waals surface area contributed by atoms with Crippen LogP contribution in [0.4, 0.5) is 0 Å². The molecule has 2 aliphatic rings. The molecule has 3 aromatic heterocycles. The lowest BCUT2D eigenvalue weighted by Crippen LogP contribution is -1.87. The van der Waals surface area contributed by atoms with Gasteiger partial charge in [0.1, 0.15) is 0 Å². The van der Waals surface area contributed by atoms with Crippen LogP contribution in [-0.2, 0) is 7.05 Å². The van der Waals surface area contributed by atoms with Gasteiger partial charge in [0, 0.05) is 29.1 Å². The Morgan fingerprint density at radius 3 is 1.52 bits per heavy atom. The lowest BCUT2D eigenvalue weighted by molar-refractivity contribution is 1.00. The number of aromatic amines is 1. The molecular weight excluding hydrogens is 332 g/mol. The topological polar surface area (TPSA) is 46.5 Å². The molecular formula is C23H20N4. The summed E-state index contributed by atoms with van der Waals surface area (Å²) >= 11 is 0. The Kier molecular flexibility index (Phi) is 3.41. The predicted octanol–water partition coefficient (Wildman–Crippen LogP) is 5.28. The highest BCUT2D eigenvalue weighted by atomic mass is 14.9. The smallest absolute Gasteiger partial charge is 0.0658 e. The molecule has 0 atom stereocenters. The lowest BCUT2D eigenvalue weighted by atomic mass is 10.2. The zero-order chi connectivity index (χ0) is 18.5. The molecule has 0 aromatic carbocycles. The standard InChI is InChI=1S/C23H20N4/c1-14-15(2)23-13-21-9-7-19(26-21)11-17-5-4-16(24-17)10-18-6-8-20(25-18)12-22(14)27(23)3/h4-13,24H,1-3H3. The van der Waals surface area contributed by atoms with E-state index in [2.05, 4.69) is 91.1 Å². The largest absolute Gasteiger partial charge is 0.355 e. The minimum Gasteiger partial charge on any atom is -0.355 e. The van der Waals surface area contributed by atoms with Gasteiger partial charge in [0.05, 0.1) is 22.8 Å². The highest BCUT2D eigenvalue weighted by molar-refractivity contribution is 5.80. The minimum atomic E-state index is 0.950. The van der Waals surface area contributed by atoms with Crippen molar-refractivity contribution in [2.75, 3.05) is 0 Å². The Morgan fingerprint density at radius 2 is 1.07 bits per heavy atom. The van der Waals surface area contributed by atoms with E-state index in [-0.39, 0.29) is 0 Å². The molecule has 2 aliphatic heterocycles. The SMILES string of the molecule is Cc1c(C)c2cc3nc(cc4ccc(cc5nc(cc1n2C)C=C5)[nH]4)C=C3. The number of aromatic nitrogens is 4. The highest BCUT2D eigenvalue weighted by Crippen LogP contribution is 2.25. The van der Waals surface area contributed by atoms with Gasteiger partial charge < -0.3 is 9.55 Å². The molecule has 0 unspecified atom stereocenters. The number of nitrogens with zero attached hydrogens (tertiary/aromatic N) is 3. The van der Waals surface area contributed by atoms with Crippen molar-refractivity contribution in [2.45, 2.75) is 13.8 Å². The molecule has 5 heterocycles. The summed E-state index contributed by atoms with van der Waals surface area (Å²) in [5.74, 6) is 0. The normalized spacial score (nSPS) is 12.7. The predicted molar refractivity (Wildman–Crippen MR) is 113 cm³/mol. The van der Waals surface area contributed by atoms with Gasteiger partial charge in [-0.25, -0.2) is 9.97 Å². The van der Waals surface area contributed by atoms with Crippen molar-refractivity contribution in [3.63, 3.8) is 0 Å². The van der Waals surface area contributed by atoms with E-state index in [1.807, 2.05) is 0 Å². The number of rotatable bonds is 0. The van der Waals surface area contributed by atoms with E-state index in [0.29, 0.717) is 0 Å². The van der Waals surface area contributed by atoms with Crippen LogP contribution in [0, 0.1) is 13.8 Å². The van der Waals surface area contributed by atoms with Crippen LogP contribution in [0.3, 0.4) is 0 Å². The third kappa shape index (κ3) is 2.70. The van der Waals surface area contributed by atoms with Crippen molar-refractivity contribution in [3.8, 4) is 0 Å².